The lowest BCUT2D eigenvalue weighted by molar-refractivity contribution is 0.102. The molecule has 0 bridgehead atoms. The molecule has 0 aliphatic carbocycles. The summed E-state index contributed by atoms with van der Waals surface area (Å²) in [7, 11) is 3.15. The van der Waals surface area contributed by atoms with Gasteiger partial charge in [-0.15, -0.1) is 11.3 Å². The van der Waals surface area contributed by atoms with Gasteiger partial charge in [-0.3, -0.25) is 4.79 Å². The number of benzene rings is 2. The Morgan fingerprint density at radius 2 is 1.92 bits per heavy atom. The lowest BCUT2D eigenvalue weighted by atomic mass is 10.0. The van der Waals surface area contributed by atoms with Gasteiger partial charge in [-0.2, -0.15) is 0 Å². The number of nitrogens with one attached hydrogen (secondary N) is 1. The molecule has 1 N–H and O–H groups in total. The van der Waals surface area contributed by atoms with E-state index in [1.807, 2.05) is 49.4 Å². The molecule has 0 atom stereocenters. The molecular formula is C27H29N3O5S. The molecule has 1 aliphatic heterocycles. The Labute approximate surface area is 214 Å². The molecule has 4 rings (SSSR count). The number of para-hydroxylation sites is 1. The van der Waals surface area contributed by atoms with Crippen molar-refractivity contribution >= 4 is 40.2 Å². The second-order valence-corrected chi connectivity index (χ2v) is 9.30. The number of thiophene rings is 1. The van der Waals surface area contributed by atoms with Gasteiger partial charge in [0.15, 0.2) is 11.5 Å². The van der Waals surface area contributed by atoms with E-state index in [-0.39, 0.29) is 12.0 Å². The van der Waals surface area contributed by atoms with Crippen molar-refractivity contribution < 1.29 is 23.8 Å². The number of fused-ring (bicyclic) bond motifs is 1. The maximum absolute atomic E-state index is 13.5. The summed E-state index contributed by atoms with van der Waals surface area (Å²) >= 11 is 1.40. The van der Waals surface area contributed by atoms with Crippen molar-refractivity contribution in [2.24, 2.45) is 4.99 Å². The van der Waals surface area contributed by atoms with Gasteiger partial charge in [0.05, 0.1) is 32.9 Å². The van der Waals surface area contributed by atoms with E-state index in [0.717, 1.165) is 21.6 Å². The van der Waals surface area contributed by atoms with Crippen LogP contribution in [0.4, 0.5) is 15.5 Å². The molecule has 9 heteroatoms. The first kappa shape index (κ1) is 25.2. The second-order valence-electron chi connectivity index (χ2n) is 8.22. The zero-order chi connectivity index (χ0) is 25.7. The quantitative estimate of drug-likeness (QED) is 0.421. The van der Waals surface area contributed by atoms with Crippen LogP contribution in [0.2, 0.25) is 0 Å². The number of aryl methyl sites for hydroxylation is 1. The molecule has 0 radical (unpaired) electrons. The summed E-state index contributed by atoms with van der Waals surface area (Å²) in [6.07, 6.45) is 1.86. The summed E-state index contributed by atoms with van der Waals surface area (Å²) in [4.78, 5) is 33.1. The van der Waals surface area contributed by atoms with Crippen molar-refractivity contribution in [2.75, 3.05) is 32.7 Å². The molecule has 1 aromatic heterocycles. The summed E-state index contributed by atoms with van der Waals surface area (Å²) in [6.45, 7) is 4.94. The number of hydrogen-bond donors (Lipinski definition) is 1. The van der Waals surface area contributed by atoms with Crippen molar-refractivity contribution in [1.82, 2.24) is 4.90 Å². The third-order valence-electron chi connectivity index (χ3n) is 5.86. The molecule has 0 saturated carbocycles. The lowest BCUT2D eigenvalue weighted by Crippen LogP contribution is -2.36. The van der Waals surface area contributed by atoms with E-state index < -0.39 is 0 Å². The number of carbonyl (C=O) groups is 2. The molecule has 0 spiro atoms. The minimum atomic E-state index is -0.353. The maximum atomic E-state index is 13.5. The normalized spacial score (nSPS) is 12.8. The molecule has 0 fully saturated rings. The second kappa shape index (κ2) is 11.3. The number of amides is 2. The third-order valence-corrected chi connectivity index (χ3v) is 6.98. The maximum Gasteiger partial charge on any atom is 0.410 e. The van der Waals surface area contributed by atoms with Crippen LogP contribution < -0.4 is 14.8 Å². The molecule has 2 amide bonds. The third kappa shape index (κ3) is 5.36. The van der Waals surface area contributed by atoms with Gasteiger partial charge in [-0.25, -0.2) is 9.79 Å². The predicted octanol–water partition coefficient (Wildman–Crippen LogP) is 5.59. The first-order valence-electron chi connectivity index (χ1n) is 11.6. The summed E-state index contributed by atoms with van der Waals surface area (Å²) in [5.41, 5.74) is 3.98. The topological polar surface area (TPSA) is 89.5 Å². The fourth-order valence-corrected chi connectivity index (χ4v) is 5.26. The van der Waals surface area contributed by atoms with Gasteiger partial charge < -0.3 is 24.4 Å². The van der Waals surface area contributed by atoms with Gasteiger partial charge in [0, 0.05) is 28.9 Å². The van der Waals surface area contributed by atoms with Crippen molar-refractivity contribution in [3.8, 4) is 11.5 Å². The van der Waals surface area contributed by atoms with Crippen LogP contribution >= 0.6 is 11.3 Å². The highest BCUT2D eigenvalue weighted by Crippen LogP contribution is 2.40. The molecule has 0 unspecified atom stereocenters. The standard InChI is InChI=1S/C27H29N3O5S/c1-5-35-27(32)30-14-13-20-22(16-30)36-26(23(20)25(31)29-19-11-9-17(2)10-12-19)28-15-18-7-6-8-21(33-3)24(18)34-4/h6-12,15H,5,13-14,16H2,1-4H3,(H,29,31)/b28-15-. The van der Waals surface area contributed by atoms with Gasteiger partial charge >= 0.3 is 6.09 Å². The zero-order valence-corrected chi connectivity index (χ0v) is 21.6. The lowest BCUT2D eigenvalue weighted by Gasteiger charge is -2.26. The Kier molecular flexibility index (Phi) is 7.90. The van der Waals surface area contributed by atoms with Gasteiger partial charge in [-0.05, 0) is 50.1 Å². The molecule has 188 valence electrons. The Morgan fingerprint density at radius 1 is 1.14 bits per heavy atom. The Balaban J connectivity index is 1.71. The monoisotopic (exact) mass is 507 g/mol. The number of carbonyl (C=O) groups excluding carboxylic acids is 2. The number of anilines is 1. The number of aliphatic imine (C=N–C) groups is 1. The highest BCUT2D eigenvalue weighted by atomic mass is 32.1. The summed E-state index contributed by atoms with van der Waals surface area (Å²) in [5.74, 6) is 0.921. The molecular weight excluding hydrogens is 478 g/mol. The van der Waals surface area contributed by atoms with E-state index in [4.69, 9.17) is 19.2 Å². The highest BCUT2D eigenvalue weighted by Gasteiger charge is 2.30. The van der Waals surface area contributed by atoms with Crippen LogP contribution in [0, 0.1) is 6.92 Å². The van der Waals surface area contributed by atoms with Crippen LogP contribution in [0.15, 0.2) is 47.5 Å². The molecule has 3 aromatic rings. The largest absolute Gasteiger partial charge is 0.493 e. The van der Waals surface area contributed by atoms with Gasteiger partial charge in [0.1, 0.15) is 5.00 Å². The fraction of sp³-hybridized carbons (Fsp3) is 0.296. The summed E-state index contributed by atoms with van der Waals surface area (Å²) in [5, 5.41) is 3.57. The van der Waals surface area contributed by atoms with E-state index in [1.54, 1.807) is 32.3 Å². The van der Waals surface area contributed by atoms with Crippen LogP contribution in [-0.2, 0) is 17.7 Å². The first-order chi connectivity index (χ1) is 17.4. The first-order valence-corrected chi connectivity index (χ1v) is 12.5. The number of ether oxygens (including phenoxy) is 3. The Bertz CT molecular complexity index is 1280. The van der Waals surface area contributed by atoms with E-state index in [1.165, 1.54) is 11.3 Å². The Hall–Kier alpha value is -3.85. The van der Waals surface area contributed by atoms with Crippen molar-refractivity contribution in [3.63, 3.8) is 0 Å². The average molecular weight is 508 g/mol. The zero-order valence-electron chi connectivity index (χ0n) is 20.8. The Morgan fingerprint density at radius 3 is 2.61 bits per heavy atom. The molecule has 0 saturated heterocycles. The number of nitrogens with zero attached hydrogens (tertiary/aromatic N) is 2. The van der Waals surface area contributed by atoms with Crippen LogP contribution in [0.3, 0.4) is 0 Å². The SMILES string of the molecule is CCOC(=O)N1CCc2c(sc(/N=C\c3cccc(OC)c3OC)c2C(=O)Nc2ccc(C)cc2)C1. The van der Waals surface area contributed by atoms with Crippen LogP contribution in [-0.4, -0.2) is 50.5 Å². The van der Waals surface area contributed by atoms with E-state index in [2.05, 4.69) is 5.32 Å². The smallest absolute Gasteiger partial charge is 0.410 e. The van der Waals surface area contributed by atoms with Crippen molar-refractivity contribution in [3.05, 3.63) is 69.6 Å². The van der Waals surface area contributed by atoms with Gasteiger partial charge in [-0.1, -0.05) is 23.8 Å². The minimum Gasteiger partial charge on any atom is -0.493 e. The molecule has 8 nitrogen and oxygen atoms in total. The molecule has 2 aromatic carbocycles. The van der Waals surface area contributed by atoms with E-state index in [0.29, 0.717) is 53.9 Å². The summed E-state index contributed by atoms with van der Waals surface area (Å²) < 4.78 is 16.1. The summed E-state index contributed by atoms with van der Waals surface area (Å²) in [6, 6.07) is 13.2. The fourth-order valence-electron chi connectivity index (χ4n) is 4.06. The van der Waals surface area contributed by atoms with Crippen molar-refractivity contribution in [1.29, 1.82) is 0 Å². The number of rotatable bonds is 7. The van der Waals surface area contributed by atoms with Gasteiger partial charge in [0.25, 0.3) is 5.91 Å². The van der Waals surface area contributed by atoms with Crippen LogP contribution in [0.1, 0.15) is 38.8 Å². The molecule has 2 heterocycles. The van der Waals surface area contributed by atoms with Gasteiger partial charge in [0.2, 0.25) is 0 Å². The van der Waals surface area contributed by atoms with Crippen LogP contribution in [0.5, 0.6) is 11.5 Å². The van der Waals surface area contributed by atoms with Crippen molar-refractivity contribution in [2.45, 2.75) is 26.8 Å². The molecule has 1 aliphatic rings. The minimum absolute atomic E-state index is 0.231. The highest BCUT2D eigenvalue weighted by molar-refractivity contribution is 7.16. The predicted molar refractivity (Wildman–Crippen MR) is 141 cm³/mol. The number of methoxy groups -OCH3 is 2. The van der Waals surface area contributed by atoms with E-state index >= 15 is 0 Å². The van der Waals surface area contributed by atoms with E-state index in [9.17, 15) is 9.59 Å². The average Bonchev–Trinajstić information content (AvgIpc) is 3.26. The van der Waals surface area contributed by atoms with Crippen LogP contribution in [0.25, 0.3) is 0 Å². The molecule has 36 heavy (non-hydrogen) atoms. The number of hydrogen-bond acceptors (Lipinski definition) is 7.